The molecule has 3 rings (SSSR count). The summed E-state index contributed by atoms with van der Waals surface area (Å²) in [6.07, 6.45) is 0. The molecule has 2 heterocycles. The SMILES string of the molecule is O=[N+]([O-])c1cccc(Cl)c1CN1CC(N2CCNCC2)C1. The molecule has 2 aliphatic rings. The van der Waals surface area contributed by atoms with Crippen LogP contribution < -0.4 is 5.32 Å². The molecule has 0 radical (unpaired) electrons. The fourth-order valence-electron chi connectivity index (χ4n) is 3.05. The molecule has 0 aromatic heterocycles. The molecule has 2 saturated heterocycles. The summed E-state index contributed by atoms with van der Waals surface area (Å²) in [4.78, 5) is 15.5. The highest BCUT2D eigenvalue weighted by Gasteiger charge is 2.33. The van der Waals surface area contributed by atoms with Gasteiger partial charge >= 0.3 is 0 Å². The van der Waals surface area contributed by atoms with Crippen LogP contribution in [-0.2, 0) is 6.54 Å². The summed E-state index contributed by atoms with van der Waals surface area (Å²) in [5.41, 5.74) is 0.746. The van der Waals surface area contributed by atoms with Gasteiger partial charge in [0.05, 0.1) is 15.5 Å². The first kappa shape index (κ1) is 14.7. The highest BCUT2D eigenvalue weighted by molar-refractivity contribution is 6.31. The summed E-state index contributed by atoms with van der Waals surface area (Å²) >= 11 is 6.13. The minimum Gasteiger partial charge on any atom is -0.314 e. The molecular weight excluding hydrogens is 292 g/mol. The van der Waals surface area contributed by atoms with Gasteiger partial charge in [-0.3, -0.25) is 19.9 Å². The standard InChI is InChI=1S/C14H19ClN4O2/c15-13-2-1-3-14(19(20)21)12(13)10-17-8-11(9-17)18-6-4-16-5-7-18/h1-3,11,16H,4-10H2. The van der Waals surface area contributed by atoms with Crippen LogP contribution in [0.4, 0.5) is 5.69 Å². The van der Waals surface area contributed by atoms with Gasteiger partial charge in [-0.1, -0.05) is 17.7 Å². The van der Waals surface area contributed by atoms with Crippen molar-refractivity contribution in [3.8, 4) is 0 Å². The second-order valence-corrected chi connectivity index (χ2v) is 6.04. The molecule has 0 unspecified atom stereocenters. The van der Waals surface area contributed by atoms with Crippen molar-refractivity contribution >= 4 is 17.3 Å². The minimum absolute atomic E-state index is 0.119. The van der Waals surface area contributed by atoms with E-state index < -0.39 is 0 Å². The average Bonchev–Trinajstić information content (AvgIpc) is 2.44. The molecule has 0 bridgehead atoms. The van der Waals surface area contributed by atoms with E-state index in [9.17, 15) is 10.1 Å². The monoisotopic (exact) mass is 310 g/mol. The van der Waals surface area contributed by atoms with Crippen LogP contribution in [0.3, 0.4) is 0 Å². The number of benzene rings is 1. The first-order valence-corrected chi connectivity index (χ1v) is 7.62. The number of rotatable bonds is 4. The van der Waals surface area contributed by atoms with Gasteiger partial charge in [0.15, 0.2) is 0 Å². The molecule has 0 aliphatic carbocycles. The third-order valence-corrected chi connectivity index (χ3v) is 4.63. The van der Waals surface area contributed by atoms with E-state index >= 15 is 0 Å². The van der Waals surface area contributed by atoms with E-state index in [2.05, 4.69) is 15.1 Å². The van der Waals surface area contributed by atoms with Crippen molar-refractivity contribution in [3.05, 3.63) is 38.9 Å². The maximum Gasteiger partial charge on any atom is 0.275 e. The summed E-state index contributed by atoms with van der Waals surface area (Å²) in [6, 6.07) is 5.45. The number of hydrogen-bond acceptors (Lipinski definition) is 5. The average molecular weight is 311 g/mol. The molecule has 7 heteroatoms. The fraction of sp³-hybridized carbons (Fsp3) is 0.571. The highest BCUT2D eigenvalue weighted by Crippen LogP contribution is 2.29. The number of hydrogen-bond donors (Lipinski definition) is 1. The molecule has 114 valence electrons. The Morgan fingerprint density at radius 1 is 1.33 bits per heavy atom. The van der Waals surface area contributed by atoms with Crippen LogP contribution in [0.5, 0.6) is 0 Å². The first-order valence-electron chi connectivity index (χ1n) is 7.24. The number of halogens is 1. The minimum atomic E-state index is -0.352. The number of nitro benzene ring substituents is 1. The van der Waals surface area contributed by atoms with Crippen molar-refractivity contribution in [2.24, 2.45) is 0 Å². The summed E-state index contributed by atoms with van der Waals surface area (Å²) in [6.45, 7) is 6.75. The van der Waals surface area contributed by atoms with E-state index in [1.54, 1.807) is 12.1 Å². The topological polar surface area (TPSA) is 61.7 Å². The van der Waals surface area contributed by atoms with Crippen molar-refractivity contribution in [2.75, 3.05) is 39.3 Å². The van der Waals surface area contributed by atoms with Crippen LogP contribution in [0, 0.1) is 10.1 Å². The van der Waals surface area contributed by atoms with Gasteiger partial charge in [-0.2, -0.15) is 0 Å². The summed E-state index contributed by atoms with van der Waals surface area (Å²) < 4.78 is 0. The van der Waals surface area contributed by atoms with E-state index in [-0.39, 0.29) is 10.6 Å². The van der Waals surface area contributed by atoms with Crippen LogP contribution >= 0.6 is 11.6 Å². The number of nitro groups is 1. The molecule has 6 nitrogen and oxygen atoms in total. The molecule has 0 spiro atoms. The van der Waals surface area contributed by atoms with Crippen molar-refractivity contribution < 1.29 is 4.92 Å². The van der Waals surface area contributed by atoms with Crippen molar-refractivity contribution in [3.63, 3.8) is 0 Å². The van der Waals surface area contributed by atoms with Crippen LogP contribution in [0.25, 0.3) is 0 Å². The number of likely N-dealkylation sites (tertiary alicyclic amines) is 1. The fourth-order valence-corrected chi connectivity index (χ4v) is 3.28. The van der Waals surface area contributed by atoms with Gasteiger partial charge in [0.1, 0.15) is 0 Å². The molecule has 2 aliphatic heterocycles. The van der Waals surface area contributed by atoms with Gasteiger partial charge in [0.2, 0.25) is 0 Å². The second-order valence-electron chi connectivity index (χ2n) is 5.63. The van der Waals surface area contributed by atoms with Gasteiger partial charge in [-0.05, 0) is 6.07 Å². The maximum atomic E-state index is 11.1. The van der Waals surface area contributed by atoms with Gasteiger partial charge in [-0.25, -0.2) is 0 Å². The molecule has 2 fully saturated rings. The smallest absolute Gasteiger partial charge is 0.275 e. The van der Waals surface area contributed by atoms with Crippen molar-refractivity contribution in [1.82, 2.24) is 15.1 Å². The molecule has 1 aromatic carbocycles. The Bertz CT molecular complexity index is 528. The normalized spacial score (nSPS) is 21.2. The number of nitrogens with one attached hydrogen (secondary N) is 1. The lowest BCUT2D eigenvalue weighted by Crippen LogP contribution is -2.62. The van der Waals surface area contributed by atoms with E-state index in [1.165, 1.54) is 6.07 Å². The molecule has 0 saturated carbocycles. The summed E-state index contributed by atoms with van der Waals surface area (Å²) in [5, 5.41) is 14.9. The van der Waals surface area contributed by atoms with Crippen LogP contribution in [0.15, 0.2) is 18.2 Å². The van der Waals surface area contributed by atoms with Gasteiger partial charge in [0.25, 0.3) is 5.69 Å². The Morgan fingerprint density at radius 2 is 2.05 bits per heavy atom. The predicted molar refractivity (Wildman–Crippen MR) is 81.6 cm³/mol. The van der Waals surface area contributed by atoms with Crippen molar-refractivity contribution in [1.29, 1.82) is 0 Å². The highest BCUT2D eigenvalue weighted by atomic mass is 35.5. The molecular formula is C14H19ClN4O2. The second kappa shape index (κ2) is 6.27. The van der Waals surface area contributed by atoms with Gasteiger partial charge in [-0.15, -0.1) is 0 Å². The Hall–Kier alpha value is -1.21. The third-order valence-electron chi connectivity index (χ3n) is 4.28. The Labute approximate surface area is 128 Å². The molecule has 21 heavy (non-hydrogen) atoms. The van der Waals surface area contributed by atoms with Crippen LogP contribution in [-0.4, -0.2) is 60.0 Å². The zero-order chi connectivity index (χ0) is 14.8. The van der Waals surface area contributed by atoms with Gasteiger partial charge < -0.3 is 5.32 Å². The van der Waals surface area contributed by atoms with E-state index in [4.69, 9.17) is 11.6 Å². The Morgan fingerprint density at radius 3 is 2.71 bits per heavy atom. The predicted octanol–water partition coefficient (Wildman–Crippen LogP) is 1.34. The number of nitrogens with zero attached hydrogens (tertiary/aromatic N) is 3. The van der Waals surface area contributed by atoms with E-state index in [0.29, 0.717) is 23.2 Å². The Balaban J connectivity index is 1.60. The third kappa shape index (κ3) is 3.18. The van der Waals surface area contributed by atoms with Crippen LogP contribution in [0.2, 0.25) is 5.02 Å². The quantitative estimate of drug-likeness (QED) is 0.672. The van der Waals surface area contributed by atoms with Crippen LogP contribution in [0.1, 0.15) is 5.56 Å². The van der Waals surface area contributed by atoms with Crippen molar-refractivity contribution in [2.45, 2.75) is 12.6 Å². The summed E-state index contributed by atoms with van der Waals surface area (Å²) in [5.74, 6) is 0. The van der Waals surface area contributed by atoms with E-state index in [0.717, 1.165) is 39.3 Å². The van der Waals surface area contributed by atoms with E-state index in [1.807, 2.05) is 0 Å². The zero-order valence-corrected chi connectivity index (χ0v) is 12.6. The molecule has 1 N–H and O–H groups in total. The molecule has 0 atom stereocenters. The molecule has 0 amide bonds. The largest absolute Gasteiger partial charge is 0.314 e. The lowest BCUT2D eigenvalue weighted by Gasteiger charge is -2.46. The zero-order valence-electron chi connectivity index (χ0n) is 11.8. The first-order chi connectivity index (χ1) is 10.1. The number of piperazine rings is 1. The summed E-state index contributed by atoms with van der Waals surface area (Å²) in [7, 11) is 0. The maximum absolute atomic E-state index is 11.1. The lowest BCUT2D eigenvalue weighted by atomic mass is 10.0. The lowest BCUT2D eigenvalue weighted by molar-refractivity contribution is -0.385. The molecule has 1 aromatic rings. The Kier molecular flexibility index (Phi) is 4.40. The van der Waals surface area contributed by atoms with Gasteiger partial charge in [0, 0.05) is 57.9 Å².